The Labute approximate surface area is 117 Å². The summed E-state index contributed by atoms with van der Waals surface area (Å²) >= 11 is 0. The highest BCUT2D eigenvalue weighted by Crippen LogP contribution is 2.24. The first kappa shape index (κ1) is 15.7. The van der Waals surface area contributed by atoms with Gasteiger partial charge in [-0.3, -0.25) is 0 Å². The molecule has 4 N–H and O–H groups in total. The molecule has 0 aromatic heterocycles. The molecular formula is C13H23NO6. The zero-order valence-corrected chi connectivity index (χ0v) is 11.3. The maximum absolute atomic E-state index is 9.74. The van der Waals surface area contributed by atoms with E-state index < -0.39 is 37.3 Å². The van der Waals surface area contributed by atoms with Crippen molar-refractivity contribution in [2.24, 2.45) is 11.1 Å². The zero-order chi connectivity index (χ0) is 14.5. The highest BCUT2D eigenvalue weighted by Gasteiger charge is 2.44. The molecule has 0 spiro atoms. The summed E-state index contributed by atoms with van der Waals surface area (Å²) < 4.78 is 5.17. The Hall–Kier alpha value is -0.730. The molecule has 0 radical (unpaired) electrons. The molecule has 7 nitrogen and oxygen atoms in total. The Morgan fingerprint density at radius 1 is 1.05 bits per heavy atom. The van der Waals surface area contributed by atoms with E-state index in [1.807, 2.05) is 0 Å². The predicted molar refractivity (Wildman–Crippen MR) is 69.9 cm³/mol. The van der Waals surface area contributed by atoms with Gasteiger partial charge in [0.2, 0.25) is 0 Å². The van der Waals surface area contributed by atoms with Crippen molar-refractivity contribution in [3.05, 3.63) is 0 Å². The van der Waals surface area contributed by atoms with E-state index in [9.17, 15) is 15.3 Å². The second-order valence-corrected chi connectivity index (χ2v) is 5.46. The first-order chi connectivity index (χ1) is 9.63. The van der Waals surface area contributed by atoms with Gasteiger partial charge in [-0.2, -0.15) is 0 Å². The summed E-state index contributed by atoms with van der Waals surface area (Å²) in [5.74, 6) is 0.369. The van der Waals surface area contributed by atoms with Crippen LogP contribution < -0.4 is 0 Å². The topological polar surface area (TPSA) is 112 Å². The number of hydrogen-bond acceptors (Lipinski definition) is 7. The first-order valence-electron chi connectivity index (χ1n) is 7.13. The third-order valence-electron chi connectivity index (χ3n) is 3.93. The highest BCUT2D eigenvalue weighted by atomic mass is 16.8. The van der Waals surface area contributed by atoms with E-state index in [2.05, 4.69) is 5.16 Å². The van der Waals surface area contributed by atoms with Crippen molar-refractivity contribution in [2.45, 2.75) is 62.8 Å². The Kier molecular flexibility index (Phi) is 5.74. The van der Waals surface area contributed by atoms with Gasteiger partial charge in [0.15, 0.2) is 0 Å². The molecule has 1 saturated heterocycles. The molecule has 1 aliphatic carbocycles. The molecule has 2 aliphatic rings. The minimum Gasteiger partial charge on any atom is -0.394 e. The average molecular weight is 289 g/mol. The van der Waals surface area contributed by atoms with Crippen LogP contribution in [0.5, 0.6) is 0 Å². The average Bonchev–Trinajstić information content (AvgIpc) is 2.48. The second kappa shape index (κ2) is 7.33. The Morgan fingerprint density at radius 2 is 1.75 bits per heavy atom. The number of oxime groups is 1. The van der Waals surface area contributed by atoms with Crippen molar-refractivity contribution in [3.8, 4) is 0 Å². The van der Waals surface area contributed by atoms with E-state index in [0.717, 1.165) is 12.8 Å². The molecular weight excluding hydrogens is 266 g/mol. The summed E-state index contributed by atoms with van der Waals surface area (Å²) in [4.78, 5) is 5.06. The Bertz CT molecular complexity index is 318. The zero-order valence-electron chi connectivity index (χ0n) is 11.3. The van der Waals surface area contributed by atoms with Crippen molar-refractivity contribution >= 4 is 6.21 Å². The highest BCUT2D eigenvalue weighted by molar-refractivity contribution is 5.59. The molecule has 20 heavy (non-hydrogen) atoms. The minimum absolute atomic E-state index is 0.369. The Morgan fingerprint density at radius 3 is 2.40 bits per heavy atom. The van der Waals surface area contributed by atoms with Gasteiger partial charge in [-0.25, -0.2) is 0 Å². The molecule has 0 aromatic carbocycles. The van der Waals surface area contributed by atoms with Gasteiger partial charge in [0.1, 0.15) is 24.4 Å². The van der Waals surface area contributed by atoms with E-state index >= 15 is 0 Å². The molecule has 7 heteroatoms. The van der Waals surface area contributed by atoms with Crippen molar-refractivity contribution in [3.63, 3.8) is 0 Å². The van der Waals surface area contributed by atoms with Crippen LogP contribution in [0.4, 0.5) is 0 Å². The molecule has 1 saturated carbocycles. The van der Waals surface area contributed by atoms with Crippen molar-refractivity contribution < 1.29 is 30.0 Å². The standard InChI is InChI=1S/C13H23NO6/c15-7-9-10(16)11(17)12(18)13(19-9)20-14-6-8-4-2-1-3-5-8/h6,8-13,15-18H,1-5,7H2/b14-6+/t9?,10?,11-,12?,13-/m0/s1. The fraction of sp³-hybridized carbons (Fsp3) is 0.923. The quantitative estimate of drug-likeness (QED) is 0.405. The lowest BCUT2D eigenvalue weighted by Gasteiger charge is -2.38. The van der Waals surface area contributed by atoms with Crippen LogP contribution >= 0.6 is 0 Å². The van der Waals surface area contributed by atoms with Crippen molar-refractivity contribution in [2.75, 3.05) is 6.61 Å². The normalized spacial score (nSPS) is 40.1. The van der Waals surface area contributed by atoms with E-state index in [-0.39, 0.29) is 0 Å². The van der Waals surface area contributed by atoms with Crippen LogP contribution in [0.1, 0.15) is 32.1 Å². The van der Waals surface area contributed by atoms with Gasteiger partial charge >= 0.3 is 0 Å². The first-order valence-corrected chi connectivity index (χ1v) is 7.13. The Balaban J connectivity index is 1.85. The van der Waals surface area contributed by atoms with E-state index in [1.165, 1.54) is 19.3 Å². The molecule has 3 unspecified atom stereocenters. The van der Waals surface area contributed by atoms with Gasteiger partial charge in [-0.1, -0.05) is 24.4 Å². The van der Waals surface area contributed by atoms with Gasteiger partial charge in [-0.05, 0) is 18.8 Å². The van der Waals surface area contributed by atoms with Crippen LogP contribution in [0.15, 0.2) is 5.16 Å². The predicted octanol–water partition coefficient (Wildman–Crippen LogP) is -0.631. The monoisotopic (exact) mass is 289 g/mol. The van der Waals surface area contributed by atoms with Gasteiger partial charge < -0.3 is 30.0 Å². The fourth-order valence-corrected chi connectivity index (χ4v) is 2.62. The minimum atomic E-state index is -1.43. The number of aliphatic hydroxyl groups excluding tert-OH is 4. The number of ether oxygens (including phenoxy) is 1. The van der Waals surface area contributed by atoms with Crippen molar-refractivity contribution in [1.82, 2.24) is 0 Å². The summed E-state index contributed by atoms with van der Waals surface area (Å²) in [6.45, 7) is -0.475. The van der Waals surface area contributed by atoms with Crippen LogP contribution in [0.25, 0.3) is 0 Å². The molecule has 0 bridgehead atoms. The van der Waals surface area contributed by atoms with E-state index in [4.69, 9.17) is 14.7 Å². The van der Waals surface area contributed by atoms with Crippen LogP contribution in [0.2, 0.25) is 0 Å². The van der Waals surface area contributed by atoms with E-state index in [1.54, 1.807) is 6.21 Å². The lowest BCUT2D eigenvalue weighted by atomic mass is 9.90. The summed E-state index contributed by atoms with van der Waals surface area (Å²) in [6.07, 6.45) is 1.06. The van der Waals surface area contributed by atoms with E-state index in [0.29, 0.717) is 5.92 Å². The third kappa shape index (κ3) is 3.67. The van der Waals surface area contributed by atoms with Gasteiger partial charge in [0, 0.05) is 6.21 Å². The smallest absolute Gasteiger partial charge is 0.256 e. The van der Waals surface area contributed by atoms with Crippen molar-refractivity contribution in [1.29, 1.82) is 0 Å². The lowest BCUT2D eigenvalue weighted by Crippen LogP contribution is -2.58. The third-order valence-corrected chi connectivity index (χ3v) is 3.93. The molecule has 1 aliphatic heterocycles. The SMILES string of the molecule is OCC1O[C@@H](O/N=C/C2CCCCC2)C(O)[C@@H](O)C1O. The molecule has 116 valence electrons. The number of aliphatic hydroxyl groups is 4. The number of hydrogen-bond donors (Lipinski definition) is 4. The maximum atomic E-state index is 9.74. The summed E-state index contributed by atoms with van der Waals surface area (Å²) in [6, 6.07) is 0. The van der Waals surface area contributed by atoms with Gasteiger partial charge in [0.25, 0.3) is 6.29 Å². The molecule has 1 heterocycles. The van der Waals surface area contributed by atoms with Crippen LogP contribution in [-0.2, 0) is 9.57 Å². The molecule has 2 fully saturated rings. The fourth-order valence-electron chi connectivity index (χ4n) is 2.62. The summed E-state index contributed by atoms with van der Waals surface area (Å²) in [5, 5.41) is 41.8. The van der Waals surface area contributed by atoms with Gasteiger partial charge in [0.05, 0.1) is 6.61 Å². The van der Waals surface area contributed by atoms with Crippen LogP contribution in [0.3, 0.4) is 0 Å². The lowest BCUT2D eigenvalue weighted by molar-refractivity contribution is -0.301. The molecule has 2 rings (SSSR count). The number of rotatable bonds is 4. The van der Waals surface area contributed by atoms with Crippen LogP contribution in [-0.4, -0.2) is 64.0 Å². The van der Waals surface area contributed by atoms with Crippen LogP contribution in [0, 0.1) is 5.92 Å². The second-order valence-electron chi connectivity index (χ2n) is 5.46. The maximum Gasteiger partial charge on any atom is 0.256 e. The molecule has 5 atom stereocenters. The number of nitrogens with zero attached hydrogens (tertiary/aromatic N) is 1. The summed E-state index contributed by atoms with van der Waals surface area (Å²) in [5.41, 5.74) is 0. The largest absolute Gasteiger partial charge is 0.394 e. The van der Waals surface area contributed by atoms with Gasteiger partial charge in [-0.15, -0.1) is 0 Å². The molecule has 0 aromatic rings. The molecule has 0 amide bonds. The summed E-state index contributed by atoms with van der Waals surface area (Å²) in [7, 11) is 0.